The van der Waals surface area contributed by atoms with E-state index in [4.69, 9.17) is 51.1 Å². The van der Waals surface area contributed by atoms with Crippen LogP contribution < -0.4 is 10.2 Å². The Balaban J connectivity index is 1.96. The number of hydrogen-bond donors (Lipinski definition) is 1. The van der Waals surface area contributed by atoms with Crippen molar-refractivity contribution in [3.05, 3.63) is 62.1 Å². The van der Waals surface area contributed by atoms with Crippen LogP contribution in [0.25, 0.3) is 0 Å². The molecular weight excluding hydrogens is 394 g/mol. The average molecular weight is 406 g/mol. The Morgan fingerprint density at radius 3 is 2.62 bits per heavy atom. The predicted molar refractivity (Wildman–Crippen MR) is 98.8 cm³/mol. The number of carbonyl (C=O) groups is 1. The van der Waals surface area contributed by atoms with Gasteiger partial charge < -0.3 is 4.74 Å². The molecule has 0 spiro atoms. The molecule has 0 heterocycles. The lowest BCUT2D eigenvalue weighted by molar-refractivity contribution is -0.127. The first-order chi connectivity index (χ1) is 11.4. The van der Waals surface area contributed by atoms with Gasteiger partial charge in [0.15, 0.2) is 6.10 Å². The molecule has 0 bridgehead atoms. The topological polar surface area (TPSA) is 50.7 Å². The SMILES string of the molecule is CC(Oc1ccc(Cl)cc1Cl)C(=O)NN=Cc1cccc(Cl)c1Cl. The third-order valence-electron chi connectivity index (χ3n) is 2.93. The van der Waals surface area contributed by atoms with Gasteiger partial charge in [-0.15, -0.1) is 0 Å². The smallest absolute Gasteiger partial charge is 0.280 e. The van der Waals surface area contributed by atoms with Gasteiger partial charge in [-0.2, -0.15) is 5.10 Å². The Morgan fingerprint density at radius 1 is 1.17 bits per heavy atom. The zero-order chi connectivity index (χ0) is 17.7. The number of halogens is 4. The van der Waals surface area contributed by atoms with Crippen LogP contribution in [0.3, 0.4) is 0 Å². The van der Waals surface area contributed by atoms with Gasteiger partial charge in [-0.05, 0) is 31.2 Å². The molecule has 2 aromatic rings. The van der Waals surface area contributed by atoms with E-state index in [9.17, 15) is 4.79 Å². The third kappa shape index (κ3) is 5.02. The predicted octanol–water partition coefficient (Wildman–Crippen LogP) is 5.22. The van der Waals surface area contributed by atoms with Crippen LogP contribution in [0.15, 0.2) is 41.5 Å². The van der Waals surface area contributed by atoms with Crippen molar-refractivity contribution in [3.8, 4) is 5.75 Å². The number of rotatable bonds is 5. The molecule has 126 valence electrons. The minimum absolute atomic E-state index is 0.316. The number of hydrogen-bond acceptors (Lipinski definition) is 3. The van der Waals surface area contributed by atoms with Crippen molar-refractivity contribution >= 4 is 58.5 Å². The van der Waals surface area contributed by atoms with E-state index in [1.165, 1.54) is 12.3 Å². The summed E-state index contributed by atoms with van der Waals surface area (Å²) in [6.07, 6.45) is 0.587. The number of nitrogens with zero attached hydrogens (tertiary/aromatic N) is 1. The lowest BCUT2D eigenvalue weighted by atomic mass is 10.2. The summed E-state index contributed by atoms with van der Waals surface area (Å²) in [7, 11) is 0. The van der Waals surface area contributed by atoms with E-state index in [1.54, 1.807) is 37.3 Å². The van der Waals surface area contributed by atoms with Crippen molar-refractivity contribution in [1.29, 1.82) is 0 Å². The minimum atomic E-state index is -0.810. The highest BCUT2D eigenvalue weighted by Gasteiger charge is 2.15. The van der Waals surface area contributed by atoms with Crippen LogP contribution in [0.5, 0.6) is 5.75 Å². The molecule has 0 aromatic heterocycles. The van der Waals surface area contributed by atoms with Crippen molar-refractivity contribution < 1.29 is 9.53 Å². The lowest BCUT2D eigenvalue weighted by Gasteiger charge is -2.14. The number of benzene rings is 2. The zero-order valence-electron chi connectivity index (χ0n) is 12.4. The third-order valence-corrected chi connectivity index (χ3v) is 4.29. The van der Waals surface area contributed by atoms with E-state index in [1.807, 2.05) is 0 Å². The first-order valence-corrected chi connectivity index (χ1v) is 8.28. The number of amides is 1. The molecule has 0 aliphatic rings. The summed E-state index contributed by atoms with van der Waals surface area (Å²) in [5.41, 5.74) is 2.95. The molecule has 1 unspecified atom stereocenters. The molecule has 0 radical (unpaired) electrons. The fourth-order valence-corrected chi connectivity index (χ4v) is 2.50. The number of carbonyl (C=O) groups excluding carboxylic acids is 1. The summed E-state index contributed by atoms with van der Waals surface area (Å²) >= 11 is 23.7. The van der Waals surface area contributed by atoms with Crippen LogP contribution in [0.2, 0.25) is 20.1 Å². The summed E-state index contributed by atoms with van der Waals surface area (Å²) in [5, 5.41) is 5.40. The van der Waals surface area contributed by atoms with Crippen LogP contribution in [0.4, 0.5) is 0 Å². The Bertz CT molecular complexity index is 781. The maximum atomic E-state index is 12.0. The highest BCUT2D eigenvalue weighted by Crippen LogP contribution is 2.28. The summed E-state index contributed by atoms with van der Waals surface area (Å²) in [6.45, 7) is 1.57. The Hall–Kier alpha value is -1.46. The second-order valence-corrected chi connectivity index (χ2v) is 6.34. The molecule has 0 saturated carbocycles. The van der Waals surface area contributed by atoms with Crippen LogP contribution in [0, 0.1) is 0 Å². The van der Waals surface area contributed by atoms with Crippen molar-refractivity contribution in [2.24, 2.45) is 5.10 Å². The summed E-state index contributed by atoms with van der Waals surface area (Å²) in [6, 6.07) is 9.84. The van der Waals surface area contributed by atoms with Crippen LogP contribution >= 0.6 is 46.4 Å². The van der Waals surface area contributed by atoms with Gasteiger partial charge in [-0.1, -0.05) is 58.5 Å². The zero-order valence-corrected chi connectivity index (χ0v) is 15.4. The summed E-state index contributed by atoms with van der Waals surface area (Å²) < 4.78 is 5.48. The molecule has 1 amide bonds. The maximum absolute atomic E-state index is 12.0. The van der Waals surface area contributed by atoms with E-state index in [2.05, 4.69) is 10.5 Å². The average Bonchev–Trinajstić information content (AvgIpc) is 2.54. The fourth-order valence-electron chi connectivity index (χ4n) is 1.69. The lowest BCUT2D eigenvalue weighted by Crippen LogP contribution is -2.33. The van der Waals surface area contributed by atoms with E-state index in [-0.39, 0.29) is 0 Å². The van der Waals surface area contributed by atoms with Crippen molar-refractivity contribution in [2.75, 3.05) is 0 Å². The molecule has 0 saturated heterocycles. The van der Waals surface area contributed by atoms with E-state index < -0.39 is 12.0 Å². The Kier molecular flexibility index (Phi) is 6.75. The molecule has 1 N–H and O–H groups in total. The second-order valence-electron chi connectivity index (χ2n) is 4.71. The van der Waals surface area contributed by atoms with Crippen LogP contribution in [-0.2, 0) is 4.79 Å². The van der Waals surface area contributed by atoms with Gasteiger partial charge >= 0.3 is 0 Å². The molecule has 8 heteroatoms. The Morgan fingerprint density at radius 2 is 1.92 bits per heavy atom. The van der Waals surface area contributed by atoms with E-state index in [0.717, 1.165) is 0 Å². The molecule has 0 aliphatic heterocycles. The quantitative estimate of drug-likeness (QED) is 0.547. The van der Waals surface area contributed by atoms with Gasteiger partial charge in [-0.25, -0.2) is 5.43 Å². The van der Waals surface area contributed by atoms with Gasteiger partial charge in [0.1, 0.15) is 5.75 Å². The molecule has 2 rings (SSSR count). The first-order valence-electron chi connectivity index (χ1n) is 6.77. The number of nitrogens with one attached hydrogen (secondary N) is 1. The minimum Gasteiger partial charge on any atom is -0.479 e. The highest BCUT2D eigenvalue weighted by atomic mass is 35.5. The fraction of sp³-hybridized carbons (Fsp3) is 0.125. The standard InChI is InChI=1S/C16H12Cl4N2O2/c1-9(24-14-6-5-11(17)7-13(14)19)16(23)22-21-8-10-3-2-4-12(18)15(10)20/h2-9H,1H3,(H,22,23). The maximum Gasteiger partial charge on any atom is 0.280 e. The summed E-state index contributed by atoms with van der Waals surface area (Å²) in [5.74, 6) is -0.0963. The molecular formula is C16H12Cl4N2O2. The largest absolute Gasteiger partial charge is 0.479 e. The molecule has 0 aliphatic carbocycles. The van der Waals surface area contributed by atoms with Crippen molar-refractivity contribution in [1.82, 2.24) is 5.43 Å². The number of hydrazone groups is 1. The number of ether oxygens (including phenoxy) is 1. The van der Waals surface area contributed by atoms with Gasteiger partial charge in [-0.3, -0.25) is 4.79 Å². The highest BCUT2D eigenvalue weighted by molar-refractivity contribution is 6.43. The normalized spacial score (nSPS) is 12.2. The molecule has 4 nitrogen and oxygen atoms in total. The molecule has 0 fully saturated rings. The van der Waals surface area contributed by atoms with Gasteiger partial charge in [0, 0.05) is 10.6 Å². The molecule has 24 heavy (non-hydrogen) atoms. The first kappa shape index (κ1) is 18.9. The molecule has 2 aromatic carbocycles. The molecule has 1 atom stereocenters. The van der Waals surface area contributed by atoms with Gasteiger partial charge in [0.2, 0.25) is 0 Å². The van der Waals surface area contributed by atoms with Crippen LogP contribution in [0.1, 0.15) is 12.5 Å². The van der Waals surface area contributed by atoms with Crippen molar-refractivity contribution in [3.63, 3.8) is 0 Å². The van der Waals surface area contributed by atoms with E-state index in [0.29, 0.717) is 31.4 Å². The van der Waals surface area contributed by atoms with E-state index >= 15 is 0 Å². The Labute approximate surface area is 159 Å². The monoisotopic (exact) mass is 404 g/mol. The van der Waals surface area contributed by atoms with Gasteiger partial charge in [0.05, 0.1) is 21.3 Å². The van der Waals surface area contributed by atoms with Crippen molar-refractivity contribution in [2.45, 2.75) is 13.0 Å². The second kappa shape index (κ2) is 8.58. The summed E-state index contributed by atoms with van der Waals surface area (Å²) in [4.78, 5) is 12.0. The van der Waals surface area contributed by atoms with Gasteiger partial charge in [0.25, 0.3) is 5.91 Å². The van der Waals surface area contributed by atoms with Crippen LogP contribution in [-0.4, -0.2) is 18.2 Å².